The normalized spacial score (nSPS) is 36.1. The summed E-state index contributed by atoms with van der Waals surface area (Å²) >= 11 is 5.84. The lowest BCUT2D eigenvalue weighted by Crippen LogP contribution is -2.52. The zero-order chi connectivity index (χ0) is 19.7. The quantitative estimate of drug-likeness (QED) is 0.422. The number of aliphatic hydroxyl groups is 5. The first-order chi connectivity index (χ1) is 12.8. The van der Waals surface area contributed by atoms with Crippen LogP contribution in [0.3, 0.4) is 0 Å². The number of halogens is 2. The van der Waals surface area contributed by atoms with E-state index in [2.05, 4.69) is 0 Å². The number of benzene rings is 1. The number of ether oxygens (including phenoxy) is 2. The van der Waals surface area contributed by atoms with Crippen LogP contribution >= 0.6 is 11.6 Å². The van der Waals surface area contributed by atoms with Crippen LogP contribution in [0.2, 0.25) is 5.02 Å². The summed E-state index contributed by atoms with van der Waals surface area (Å²) in [6, 6.07) is 3.05. The van der Waals surface area contributed by atoms with Crippen LogP contribution in [0, 0.1) is 5.82 Å². The number of hydrogen-bond donors (Lipinski definition) is 5. The Labute approximate surface area is 160 Å². The molecule has 2 aliphatic rings. The zero-order valence-electron chi connectivity index (χ0n) is 14.4. The third-order valence-corrected chi connectivity index (χ3v) is 5.12. The fraction of sp³-hybridized carbons (Fsp3) is 0.647. The molecule has 1 aromatic rings. The summed E-state index contributed by atoms with van der Waals surface area (Å²) in [6.07, 6.45) is -6.60. The molecule has 0 saturated carbocycles. The van der Waals surface area contributed by atoms with Crippen molar-refractivity contribution in [2.24, 2.45) is 0 Å². The Morgan fingerprint density at radius 1 is 1.22 bits per heavy atom. The molecule has 2 heterocycles. The van der Waals surface area contributed by atoms with Gasteiger partial charge in [-0.2, -0.15) is 0 Å². The topological polar surface area (TPSA) is 123 Å². The van der Waals surface area contributed by atoms with E-state index in [4.69, 9.17) is 21.1 Å². The van der Waals surface area contributed by atoms with E-state index < -0.39 is 55.3 Å². The molecule has 3 rings (SSSR count). The molecule has 0 amide bonds. The molecule has 8 nitrogen and oxygen atoms in total. The van der Waals surface area contributed by atoms with Crippen molar-refractivity contribution < 1.29 is 39.4 Å². The average Bonchev–Trinajstić information content (AvgIpc) is 2.87. The van der Waals surface area contributed by atoms with E-state index in [0.717, 1.165) is 6.07 Å². The average molecular weight is 408 g/mol. The Kier molecular flexibility index (Phi) is 6.67. The van der Waals surface area contributed by atoms with Gasteiger partial charge in [-0.15, -0.1) is 0 Å². The highest BCUT2D eigenvalue weighted by atomic mass is 35.5. The first kappa shape index (κ1) is 20.8. The van der Waals surface area contributed by atoms with Crippen LogP contribution in [0.4, 0.5) is 4.39 Å². The van der Waals surface area contributed by atoms with Crippen LogP contribution in [0.5, 0.6) is 0 Å². The summed E-state index contributed by atoms with van der Waals surface area (Å²) in [5.41, 5.74) is 0.310. The summed E-state index contributed by atoms with van der Waals surface area (Å²) in [4.78, 5) is 1.53. The van der Waals surface area contributed by atoms with Crippen LogP contribution < -0.4 is 0 Å². The highest BCUT2D eigenvalue weighted by Gasteiger charge is 2.43. The Hall–Kier alpha value is -0.880. The molecule has 2 fully saturated rings. The Balaban J connectivity index is 1.69. The van der Waals surface area contributed by atoms with Gasteiger partial charge in [-0.3, -0.25) is 4.90 Å². The Bertz CT molecular complexity index is 633. The molecule has 2 aliphatic heterocycles. The fourth-order valence-corrected chi connectivity index (χ4v) is 3.75. The molecule has 0 spiro atoms. The van der Waals surface area contributed by atoms with E-state index in [1.807, 2.05) is 0 Å². The summed E-state index contributed by atoms with van der Waals surface area (Å²) < 4.78 is 24.6. The zero-order valence-corrected chi connectivity index (χ0v) is 15.1. The summed E-state index contributed by atoms with van der Waals surface area (Å²) in [7, 11) is 0. The molecule has 1 aromatic carbocycles. The van der Waals surface area contributed by atoms with Crippen LogP contribution in [-0.4, -0.2) is 93.3 Å². The van der Waals surface area contributed by atoms with Crippen molar-refractivity contribution >= 4 is 11.6 Å². The maximum Gasteiger partial charge on any atom is 0.184 e. The predicted octanol–water partition coefficient (Wildman–Crippen LogP) is -0.987. The van der Waals surface area contributed by atoms with E-state index in [9.17, 15) is 29.9 Å². The minimum atomic E-state index is -1.21. The molecule has 27 heavy (non-hydrogen) atoms. The number of aliphatic hydroxyl groups excluding tert-OH is 5. The monoisotopic (exact) mass is 407 g/mol. The third kappa shape index (κ3) is 4.58. The maximum absolute atomic E-state index is 13.6. The van der Waals surface area contributed by atoms with E-state index in [-0.39, 0.29) is 24.7 Å². The van der Waals surface area contributed by atoms with E-state index in [0.29, 0.717) is 5.56 Å². The standard InChI is InChI=1S/C17H23ClFNO7/c18-9-1-8(2-10(19)3-9)17-26-7-14(24)16(27-17)13(23)5-20-4-12(22)15(25)11(20)6-21/h1-3,11-17,21-25H,4-7H2/t11-,12-,13-,14-,15-,16-,17?/m1/s1. The highest BCUT2D eigenvalue weighted by molar-refractivity contribution is 6.30. The second-order valence-corrected chi connectivity index (χ2v) is 7.30. The largest absolute Gasteiger partial charge is 0.395 e. The van der Waals surface area contributed by atoms with Crippen molar-refractivity contribution in [3.63, 3.8) is 0 Å². The van der Waals surface area contributed by atoms with Gasteiger partial charge in [-0.25, -0.2) is 4.39 Å². The van der Waals surface area contributed by atoms with Gasteiger partial charge < -0.3 is 35.0 Å². The summed E-state index contributed by atoms with van der Waals surface area (Å²) in [5.74, 6) is -0.571. The minimum absolute atomic E-state index is 0.0578. The third-order valence-electron chi connectivity index (χ3n) is 4.90. The van der Waals surface area contributed by atoms with E-state index >= 15 is 0 Å². The number of rotatable bonds is 5. The molecule has 5 N–H and O–H groups in total. The highest BCUT2D eigenvalue weighted by Crippen LogP contribution is 2.31. The van der Waals surface area contributed by atoms with Crippen molar-refractivity contribution in [3.8, 4) is 0 Å². The Morgan fingerprint density at radius 2 is 1.96 bits per heavy atom. The minimum Gasteiger partial charge on any atom is -0.395 e. The van der Waals surface area contributed by atoms with Crippen molar-refractivity contribution in [1.29, 1.82) is 0 Å². The Morgan fingerprint density at radius 3 is 2.63 bits per heavy atom. The van der Waals surface area contributed by atoms with Crippen molar-refractivity contribution in [3.05, 3.63) is 34.6 Å². The van der Waals surface area contributed by atoms with Gasteiger partial charge in [-0.1, -0.05) is 11.6 Å². The molecule has 0 bridgehead atoms. The molecule has 0 radical (unpaired) electrons. The van der Waals surface area contributed by atoms with Crippen LogP contribution in [0.25, 0.3) is 0 Å². The lowest BCUT2D eigenvalue weighted by atomic mass is 10.1. The van der Waals surface area contributed by atoms with Gasteiger partial charge in [0.2, 0.25) is 0 Å². The van der Waals surface area contributed by atoms with E-state index in [1.165, 1.54) is 17.0 Å². The van der Waals surface area contributed by atoms with Gasteiger partial charge in [-0.05, 0) is 18.2 Å². The SMILES string of the molecule is OC[C@@H]1[C@@H](O)[C@H](O)CN1C[C@@H](O)[C@H]1OC(c2cc(F)cc(Cl)c2)OC[C@H]1O. The smallest absolute Gasteiger partial charge is 0.184 e. The van der Waals surface area contributed by atoms with E-state index in [1.54, 1.807) is 0 Å². The number of likely N-dealkylation sites (tertiary alicyclic amines) is 1. The molecule has 1 unspecified atom stereocenters. The molecule has 0 aliphatic carbocycles. The summed E-state index contributed by atoms with van der Waals surface area (Å²) in [6.45, 7) is -0.537. The van der Waals surface area contributed by atoms with Crippen LogP contribution in [-0.2, 0) is 9.47 Å². The molecule has 2 saturated heterocycles. The first-order valence-electron chi connectivity index (χ1n) is 8.60. The van der Waals surface area contributed by atoms with Gasteiger partial charge >= 0.3 is 0 Å². The fourth-order valence-electron chi connectivity index (χ4n) is 3.52. The van der Waals surface area contributed by atoms with Crippen LogP contribution in [0.15, 0.2) is 18.2 Å². The number of nitrogens with zero attached hydrogens (tertiary/aromatic N) is 1. The number of hydrogen-bond acceptors (Lipinski definition) is 8. The number of β-amino-alcohol motifs (C(OH)–C–C–N with tert-alkyl or cyclic N) is 2. The molecule has 0 aromatic heterocycles. The molecule has 7 atom stereocenters. The van der Waals surface area contributed by atoms with Crippen molar-refractivity contribution in [1.82, 2.24) is 4.90 Å². The summed E-state index contributed by atoms with van der Waals surface area (Å²) in [5, 5.41) is 49.9. The molecule has 152 valence electrons. The van der Waals surface area contributed by atoms with Gasteiger partial charge in [0.25, 0.3) is 0 Å². The molecular weight excluding hydrogens is 385 g/mol. The lowest BCUT2D eigenvalue weighted by Gasteiger charge is -2.38. The second-order valence-electron chi connectivity index (χ2n) is 6.87. The van der Waals surface area contributed by atoms with Gasteiger partial charge in [0.05, 0.1) is 37.6 Å². The van der Waals surface area contributed by atoms with Gasteiger partial charge in [0.1, 0.15) is 18.0 Å². The van der Waals surface area contributed by atoms with Gasteiger partial charge in [0.15, 0.2) is 6.29 Å². The maximum atomic E-state index is 13.6. The molecule has 10 heteroatoms. The van der Waals surface area contributed by atoms with Crippen LogP contribution in [0.1, 0.15) is 11.9 Å². The van der Waals surface area contributed by atoms with Crippen molar-refractivity contribution in [2.75, 3.05) is 26.3 Å². The second kappa shape index (κ2) is 8.64. The van der Waals surface area contributed by atoms with Gasteiger partial charge in [0, 0.05) is 23.7 Å². The molecular formula is C17H23ClFNO7. The predicted molar refractivity (Wildman–Crippen MR) is 91.5 cm³/mol. The van der Waals surface area contributed by atoms with Crippen molar-refractivity contribution in [2.45, 2.75) is 42.9 Å². The first-order valence-corrected chi connectivity index (χ1v) is 8.98. The lowest BCUT2D eigenvalue weighted by molar-refractivity contribution is -0.276.